The maximum atomic E-state index is 12.8. The standard InChI is InChI=1S/C15H14FN3O2S/c16-12-6-4-10(5-7-12)8-17-15(22)19-18-9-11-2-1-3-13(20)14(11)21/h1-7,9,20-21H,8H2,(H2,17,19,22)/b18-9+. The van der Waals surface area contributed by atoms with Crippen molar-refractivity contribution in [2.45, 2.75) is 6.54 Å². The van der Waals surface area contributed by atoms with Crippen LogP contribution in [-0.4, -0.2) is 21.5 Å². The van der Waals surface area contributed by atoms with E-state index >= 15 is 0 Å². The third-order valence-corrected chi connectivity index (χ3v) is 3.02. The Morgan fingerprint density at radius 3 is 2.64 bits per heavy atom. The highest BCUT2D eigenvalue weighted by molar-refractivity contribution is 7.80. The molecule has 0 aliphatic carbocycles. The SMILES string of the molecule is Oc1cccc(/C=N/NC(=S)NCc2ccc(F)cc2)c1O. The quantitative estimate of drug-likeness (QED) is 0.301. The van der Waals surface area contributed by atoms with Crippen molar-refractivity contribution in [3.63, 3.8) is 0 Å². The maximum Gasteiger partial charge on any atom is 0.187 e. The van der Waals surface area contributed by atoms with Crippen LogP contribution in [0, 0.1) is 5.82 Å². The summed E-state index contributed by atoms with van der Waals surface area (Å²) in [6.45, 7) is 0.430. The molecule has 22 heavy (non-hydrogen) atoms. The van der Waals surface area contributed by atoms with Gasteiger partial charge in [0.2, 0.25) is 0 Å². The minimum absolute atomic E-state index is 0.221. The molecule has 0 aliphatic rings. The fourth-order valence-corrected chi connectivity index (χ4v) is 1.76. The van der Waals surface area contributed by atoms with Crippen LogP contribution < -0.4 is 10.7 Å². The first-order valence-electron chi connectivity index (χ1n) is 6.38. The van der Waals surface area contributed by atoms with Crippen LogP contribution in [0.5, 0.6) is 11.5 Å². The molecule has 0 bridgehead atoms. The van der Waals surface area contributed by atoms with Crippen molar-refractivity contribution in [2.75, 3.05) is 0 Å². The number of nitrogens with one attached hydrogen (secondary N) is 2. The largest absolute Gasteiger partial charge is 0.504 e. The summed E-state index contributed by atoms with van der Waals surface area (Å²) in [7, 11) is 0. The van der Waals surface area contributed by atoms with Gasteiger partial charge in [-0.1, -0.05) is 18.2 Å². The number of hydrogen-bond acceptors (Lipinski definition) is 4. The van der Waals surface area contributed by atoms with Gasteiger partial charge in [0.1, 0.15) is 5.82 Å². The highest BCUT2D eigenvalue weighted by Crippen LogP contribution is 2.26. The zero-order valence-electron chi connectivity index (χ0n) is 11.5. The predicted molar refractivity (Wildman–Crippen MR) is 86.3 cm³/mol. The second-order valence-electron chi connectivity index (χ2n) is 4.39. The summed E-state index contributed by atoms with van der Waals surface area (Å²) >= 11 is 5.03. The van der Waals surface area contributed by atoms with E-state index in [2.05, 4.69) is 15.8 Å². The normalized spacial score (nSPS) is 10.6. The molecule has 0 saturated carbocycles. The number of phenols is 2. The first-order valence-corrected chi connectivity index (χ1v) is 6.79. The molecule has 0 fully saturated rings. The van der Waals surface area contributed by atoms with Crippen molar-refractivity contribution >= 4 is 23.5 Å². The van der Waals surface area contributed by atoms with Gasteiger partial charge >= 0.3 is 0 Å². The Labute approximate surface area is 132 Å². The van der Waals surface area contributed by atoms with Crippen molar-refractivity contribution in [1.82, 2.24) is 10.7 Å². The average Bonchev–Trinajstić information content (AvgIpc) is 2.51. The van der Waals surface area contributed by atoms with Crippen molar-refractivity contribution in [3.05, 3.63) is 59.4 Å². The number of hydrazone groups is 1. The molecule has 0 heterocycles. The first-order chi connectivity index (χ1) is 10.6. The average molecular weight is 319 g/mol. The lowest BCUT2D eigenvalue weighted by molar-refractivity contribution is 0.403. The summed E-state index contributed by atoms with van der Waals surface area (Å²) < 4.78 is 12.8. The number of thiocarbonyl (C=S) groups is 1. The van der Waals surface area contributed by atoms with Crippen LogP contribution in [0.4, 0.5) is 4.39 Å². The molecule has 0 aliphatic heterocycles. The lowest BCUT2D eigenvalue weighted by Crippen LogP contribution is -2.31. The van der Waals surface area contributed by atoms with Crippen LogP contribution in [0.1, 0.15) is 11.1 Å². The van der Waals surface area contributed by atoms with E-state index in [1.54, 1.807) is 24.3 Å². The summed E-state index contributed by atoms with van der Waals surface area (Å²) in [6.07, 6.45) is 1.33. The second kappa shape index (κ2) is 7.37. The van der Waals surface area contributed by atoms with Crippen molar-refractivity contribution in [1.29, 1.82) is 0 Å². The molecule has 2 aromatic carbocycles. The van der Waals surface area contributed by atoms with E-state index in [1.807, 2.05) is 0 Å². The van der Waals surface area contributed by atoms with Gasteiger partial charge in [0, 0.05) is 12.1 Å². The van der Waals surface area contributed by atoms with Gasteiger partial charge < -0.3 is 15.5 Å². The molecular formula is C15H14FN3O2S. The Morgan fingerprint density at radius 1 is 1.18 bits per heavy atom. The third kappa shape index (κ3) is 4.42. The van der Waals surface area contributed by atoms with Crippen molar-refractivity contribution in [2.24, 2.45) is 5.10 Å². The number of benzene rings is 2. The molecule has 2 aromatic rings. The molecule has 0 spiro atoms. The van der Waals surface area contributed by atoms with Crippen molar-refractivity contribution < 1.29 is 14.6 Å². The topological polar surface area (TPSA) is 76.9 Å². The van der Waals surface area contributed by atoms with Gasteiger partial charge in [0.05, 0.1) is 6.21 Å². The molecule has 0 amide bonds. The summed E-state index contributed by atoms with van der Waals surface area (Å²) in [5.74, 6) is -0.765. The summed E-state index contributed by atoms with van der Waals surface area (Å²) in [6, 6.07) is 10.6. The van der Waals surface area contributed by atoms with Gasteiger partial charge in [-0.25, -0.2) is 4.39 Å². The Hall–Kier alpha value is -2.67. The van der Waals surface area contributed by atoms with Crippen LogP contribution in [-0.2, 0) is 6.54 Å². The highest BCUT2D eigenvalue weighted by Gasteiger charge is 2.02. The Morgan fingerprint density at radius 2 is 1.91 bits per heavy atom. The summed E-state index contributed by atoms with van der Waals surface area (Å²) in [4.78, 5) is 0. The van der Waals surface area contributed by atoms with Gasteiger partial charge in [-0.05, 0) is 42.0 Å². The molecule has 4 N–H and O–H groups in total. The van der Waals surface area contributed by atoms with Gasteiger partial charge in [0.25, 0.3) is 0 Å². The molecule has 5 nitrogen and oxygen atoms in total. The van der Waals surface area contributed by atoms with Gasteiger partial charge in [-0.3, -0.25) is 5.43 Å². The molecule has 2 rings (SSSR count). The lowest BCUT2D eigenvalue weighted by Gasteiger charge is -2.07. The maximum absolute atomic E-state index is 12.8. The second-order valence-corrected chi connectivity index (χ2v) is 4.80. The molecular weight excluding hydrogens is 305 g/mol. The molecule has 0 radical (unpaired) electrons. The van der Waals surface area contributed by atoms with E-state index in [-0.39, 0.29) is 22.4 Å². The van der Waals surface area contributed by atoms with Crippen LogP contribution in [0.25, 0.3) is 0 Å². The Kier molecular flexibility index (Phi) is 5.26. The van der Waals surface area contributed by atoms with Crippen LogP contribution >= 0.6 is 12.2 Å². The number of halogens is 1. The Balaban J connectivity index is 1.83. The number of rotatable bonds is 4. The van der Waals surface area contributed by atoms with Crippen molar-refractivity contribution in [3.8, 4) is 11.5 Å². The molecule has 0 atom stereocenters. The number of para-hydroxylation sites is 1. The first kappa shape index (κ1) is 15.7. The van der Waals surface area contributed by atoms with Crippen LogP contribution in [0.3, 0.4) is 0 Å². The minimum Gasteiger partial charge on any atom is -0.504 e. The highest BCUT2D eigenvalue weighted by atomic mass is 32.1. The van der Waals surface area contributed by atoms with Crippen LogP contribution in [0.2, 0.25) is 0 Å². The lowest BCUT2D eigenvalue weighted by atomic mass is 10.2. The Bertz CT molecular complexity index is 690. The predicted octanol–water partition coefficient (Wildman–Crippen LogP) is 2.24. The zero-order chi connectivity index (χ0) is 15.9. The van der Waals surface area contributed by atoms with E-state index in [4.69, 9.17) is 12.2 Å². The number of nitrogens with zero attached hydrogens (tertiary/aromatic N) is 1. The molecule has 0 saturated heterocycles. The fourth-order valence-electron chi connectivity index (χ4n) is 1.64. The minimum atomic E-state index is -0.292. The van der Waals surface area contributed by atoms with Crippen LogP contribution in [0.15, 0.2) is 47.6 Å². The van der Waals surface area contributed by atoms with E-state index < -0.39 is 0 Å². The third-order valence-electron chi connectivity index (χ3n) is 2.78. The van der Waals surface area contributed by atoms with E-state index in [0.717, 1.165) is 5.56 Å². The molecule has 0 unspecified atom stereocenters. The van der Waals surface area contributed by atoms with Gasteiger partial charge in [0.15, 0.2) is 16.6 Å². The summed E-state index contributed by atoms with van der Waals surface area (Å²) in [5, 5.41) is 26.0. The van der Waals surface area contributed by atoms with Gasteiger partial charge in [-0.15, -0.1) is 0 Å². The fraction of sp³-hybridized carbons (Fsp3) is 0.0667. The number of hydrogen-bond donors (Lipinski definition) is 4. The van der Waals surface area contributed by atoms with E-state index in [0.29, 0.717) is 12.1 Å². The summed E-state index contributed by atoms with van der Waals surface area (Å²) in [5.41, 5.74) is 3.81. The molecule has 114 valence electrons. The number of aromatic hydroxyl groups is 2. The molecule has 0 aromatic heterocycles. The van der Waals surface area contributed by atoms with E-state index in [1.165, 1.54) is 24.4 Å². The zero-order valence-corrected chi connectivity index (χ0v) is 12.3. The number of phenolic OH excluding ortho intramolecular Hbond substituents is 2. The van der Waals surface area contributed by atoms with Gasteiger partial charge in [-0.2, -0.15) is 5.10 Å². The molecule has 7 heteroatoms. The smallest absolute Gasteiger partial charge is 0.187 e. The monoisotopic (exact) mass is 319 g/mol. The van der Waals surface area contributed by atoms with E-state index in [9.17, 15) is 14.6 Å².